The van der Waals surface area contributed by atoms with Crippen molar-refractivity contribution in [2.45, 2.75) is 0 Å². The summed E-state index contributed by atoms with van der Waals surface area (Å²) in [5.74, 6) is -0.0658. The van der Waals surface area contributed by atoms with Crippen LogP contribution >= 0.6 is 23.2 Å². The Balaban J connectivity index is 1.92. The average molecular weight is 359 g/mol. The number of hydrogen-bond acceptors (Lipinski definition) is 3. The molecule has 0 unspecified atom stereocenters. The van der Waals surface area contributed by atoms with Crippen LogP contribution in [0.25, 0.3) is 23.1 Å². The van der Waals surface area contributed by atoms with E-state index in [1.54, 1.807) is 48.5 Å². The molecule has 0 spiro atoms. The highest BCUT2D eigenvalue weighted by Gasteiger charge is 2.06. The molecule has 2 N–H and O–H groups in total. The summed E-state index contributed by atoms with van der Waals surface area (Å²) in [6, 6.07) is 15.1. The van der Waals surface area contributed by atoms with E-state index in [1.165, 1.54) is 12.1 Å². The third-order valence-electron chi connectivity index (χ3n) is 3.39. The van der Waals surface area contributed by atoms with E-state index in [9.17, 15) is 9.90 Å². The molecule has 0 bridgehead atoms. The van der Waals surface area contributed by atoms with Crippen LogP contribution < -0.4 is 5.43 Å². The van der Waals surface area contributed by atoms with Gasteiger partial charge in [-0.1, -0.05) is 35.3 Å². The number of aromatic amines is 1. The number of hydrogen-bond donors (Lipinski definition) is 2. The molecule has 0 aliphatic carbocycles. The van der Waals surface area contributed by atoms with E-state index in [0.29, 0.717) is 21.3 Å². The topological polar surface area (TPSA) is 66.0 Å². The lowest BCUT2D eigenvalue weighted by atomic mass is 10.1. The molecule has 0 saturated carbocycles. The quantitative estimate of drug-likeness (QED) is 0.660. The van der Waals surface area contributed by atoms with Gasteiger partial charge in [0.2, 0.25) is 5.43 Å². The summed E-state index contributed by atoms with van der Waals surface area (Å²) in [4.78, 5) is 12.2. The second-order valence-electron chi connectivity index (χ2n) is 5.07. The number of aliphatic hydroxyl groups excluding tert-OH is 1. The fraction of sp³-hybridized carbons (Fsp3) is 0. The monoisotopic (exact) mass is 358 g/mol. The van der Waals surface area contributed by atoms with E-state index >= 15 is 0 Å². The normalized spacial score (nSPS) is 11.5. The standard InChI is InChI=1S/C18H12Cl2N2O2/c19-13-5-1-11(2-6-13)15-9-18(24)16(22-21-15)10-17(23)12-3-7-14(20)8-4-12/h1-10,23H,(H,21,24). The lowest BCUT2D eigenvalue weighted by Crippen LogP contribution is -2.09. The Morgan fingerprint density at radius 2 is 1.58 bits per heavy atom. The van der Waals surface area contributed by atoms with Crippen LogP contribution in [0.4, 0.5) is 0 Å². The summed E-state index contributed by atoms with van der Waals surface area (Å²) in [5.41, 5.74) is 1.71. The Bertz CT molecular complexity index is 946. The lowest BCUT2D eigenvalue weighted by molar-refractivity contribution is 0.515. The Morgan fingerprint density at radius 1 is 1.00 bits per heavy atom. The van der Waals surface area contributed by atoms with Crippen molar-refractivity contribution in [3.63, 3.8) is 0 Å². The zero-order chi connectivity index (χ0) is 17.1. The number of halogens is 2. The predicted molar refractivity (Wildman–Crippen MR) is 97.3 cm³/mol. The number of aliphatic hydroxyl groups is 1. The molecule has 4 nitrogen and oxygen atoms in total. The van der Waals surface area contributed by atoms with E-state index in [-0.39, 0.29) is 16.9 Å². The summed E-state index contributed by atoms with van der Waals surface area (Å²) in [5, 5.41) is 18.1. The molecule has 0 amide bonds. The van der Waals surface area contributed by atoms with Gasteiger partial charge in [-0.15, -0.1) is 0 Å². The van der Waals surface area contributed by atoms with Crippen molar-refractivity contribution in [1.29, 1.82) is 0 Å². The van der Waals surface area contributed by atoms with E-state index in [1.807, 2.05) is 0 Å². The second kappa shape index (κ2) is 6.91. The summed E-state index contributed by atoms with van der Waals surface area (Å²) in [7, 11) is 0. The molecule has 120 valence electrons. The molecular weight excluding hydrogens is 347 g/mol. The first-order valence-corrected chi connectivity index (χ1v) is 7.81. The molecule has 0 atom stereocenters. The molecule has 1 aromatic heterocycles. The van der Waals surface area contributed by atoms with Crippen LogP contribution in [0, 0.1) is 0 Å². The first kappa shape index (κ1) is 16.3. The lowest BCUT2D eigenvalue weighted by Gasteiger charge is -2.03. The van der Waals surface area contributed by atoms with Gasteiger partial charge in [-0.25, -0.2) is 0 Å². The summed E-state index contributed by atoms with van der Waals surface area (Å²) < 4.78 is 0. The zero-order valence-electron chi connectivity index (χ0n) is 12.3. The zero-order valence-corrected chi connectivity index (χ0v) is 13.8. The molecular formula is C18H12Cl2N2O2. The van der Waals surface area contributed by atoms with E-state index in [0.717, 1.165) is 5.56 Å². The minimum absolute atomic E-state index is 0.0658. The molecule has 6 heteroatoms. The van der Waals surface area contributed by atoms with Crippen molar-refractivity contribution < 1.29 is 5.11 Å². The molecule has 0 saturated heterocycles. The predicted octanol–water partition coefficient (Wildman–Crippen LogP) is 4.80. The highest BCUT2D eigenvalue weighted by Crippen LogP contribution is 2.19. The number of aromatic nitrogens is 2. The molecule has 0 fully saturated rings. The SMILES string of the molecule is O=c1cc(-c2ccc(Cl)cc2)[nH]nc1C=C(O)c1ccc(Cl)cc1. The number of H-pyrrole nitrogens is 1. The van der Waals surface area contributed by atoms with E-state index < -0.39 is 0 Å². The van der Waals surface area contributed by atoms with E-state index in [4.69, 9.17) is 23.2 Å². The molecule has 0 aliphatic heterocycles. The van der Waals surface area contributed by atoms with Crippen molar-refractivity contribution in [2.24, 2.45) is 0 Å². The summed E-state index contributed by atoms with van der Waals surface area (Å²) in [6.07, 6.45) is 1.31. The van der Waals surface area contributed by atoms with Gasteiger partial charge in [-0.3, -0.25) is 9.89 Å². The van der Waals surface area contributed by atoms with Gasteiger partial charge in [0, 0.05) is 27.8 Å². The molecule has 0 radical (unpaired) electrons. The molecule has 3 aromatic rings. The summed E-state index contributed by atoms with van der Waals surface area (Å²) in [6.45, 7) is 0. The number of rotatable bonds is 3. The minimum atomic E-state index is -0.306. The van der Waals surface area contributed by atoms with Gasteiger partial charge in [-0.05, 0) is 42.0 Å². The number of nitrogens with one attached hydrogen (secondary N) is 1. The van der Waals surface area contributed by atoms with Crippen LogP contribution in [0.15, 0.2) is 59.4 Å². The van der Waals surface area contributed by atoms with Crippen molar-refractivity contribution in [2.75, 3.05) is 0 Å². The van der Waals surface area contributed by atoms with Crippen molar-refractivity contribution in [3.05, 3.63) is 86.1 Å². The van der Waals surface area contributed by atoms with Crippen LogP contribution in [0.1, 0.15) is 11.3 Å². The Hall–Kier alpha value is -2.56. The minimum Gasteiger partial charge on any atom is -0.507 e. The van der Waals surface area contributed by atoms with Crippen LogP contribution in [-0.2, 0) is 0 Å². The fourth-order valence-electron chi connectivity index (χ4n) is 2.13. The van der Waals surface area contributed by atoms with Gasteiger partial charge in [0.05, 0.1) is 5.69 Å². The van der Waals surface area contributed by atoms with Gasteiger partial charge in [-0.2, -0.15) is 5.10 Å². The third kappa shape index (κ3) is 3.67. The van der Waals surface area contributed by atoms with Crippen LogP contribution in [0.3, 0.4) is 0 Å². The first-order chi connectivity index (χ1) is 11.5. The smallest absolute Gasteiger partial charge is 0.208 e. The van der Waals surface area contributed by atoms with Crippen molar-refractivity contribution in [3.8, 4) is 11.3 Å². The molecule has 2 aromatic carbocycles. The van der Waals surface area contributed by atoms with Crippen molar-refractivity contribution in [1.82, 2.24) is 10.2 Å². The highest BCUT2D eigenvalue weighted by atomic mass is 35.5. The number of nitrogens with zero attached hydrogens (tertiary/aromatic N) is 1. The highest BCUT2D eigenvalue weighted by molar-refractivity contribution is 6.30. The second-order valence-corrected chi connectivity index (χ2v) is 5.95. The average Bonchev–Trinajstić information content (AvgIpc) is 2.58. The largest absolute Gasteiger partial charge is 0.507 e. The van der Waals surface area contributed by atoms with Gasteiger partial charge in [0.1, 0.15) is 11.5 Å². The summed E-state index contributed by atoms with van der Waals surface area (Å²) >= 11 is 11.7. The van der Waals surface area contributed by atoms with Crippen LogP contribution in [0.5, 0.6) is 0 Å². The Labute approximate surface area is 148 Å². The van der Waals surface area contributed by atoms with E-state index in [2.05, 4.69) is 10.2 Å². The van der Waals surface area contributed by atoms with Gasteiger partial charge in [0.15, 0.2) is 0 Å². The Morgan fingerprint density at radius 3 is 2.17 bits per heavy atom. The maximum absolute atomic E-state index is 12.2. The first-order valence-electron chi connectivity index (χ1n) is 7.05. The van der Waals surface area contributed by atoms with Crippen molar-refractivity contribution >= 4 is 35.0 Å². The molecule has 1 heterocycles. The van der Waals surface area contributed by atoms with Gasteiger partial charge < -0.3 is 5.11 Å². The fourth-order valence-corrected chi connectivity index (χ4v) is 2.38. The maximum Gasteiger partial charge on any atom is 0.208 e. The van der Waals surface area contributed by atoms with Crippen LogP contribution in [-0.4, -0.2) is 15.3 Å². The van der Waals surface area contributed by atoms with Gasteiger partial charge >= 0.3 is 0 Å². The third-order valence-corrected chi connectivity index (χ3v) is 3.90. The van der Waals surface area contributed by atoms with Gasteiger partial charge in [0.25, 0.3) is 0 Å². The molecule has 3 rings (SSSR count). The Kier molecular flexibility index (Phi) is 4.69. The molecule has 0 aliphatic rings. The maximum atomic E-state index is 12.2. The molecule has 24 heavy (non-hydrogen) atoms. The van der Waals surface area contributed by atoms with Crippen LogP contribution in [0.2, 0.25) is 10.0 Å². The number of benzene rings is 2.